The fourth-order valence-electron chi connectivity index (χ4n) is 4.06. The molecule has 1 fully saturated rings. The highest BCUT2D eigenvalue weighted by atomic mass is 14.5. The van der Waals surface area contributed by atoms with Gasteiger partial charge in [0.15, 0.2) is 0 Å². The third-order valence-corrected chi connectivity index (χ3v) is 6.94. The molecule has 1 rings (SSSR count). The Hall–Kier alpha value is -2.59. The lowest BCUT2D eigenvalue weighted by atomic mass is 9.65. The molecule has 0 unspecified atom stereocenters. The van der Waals surface area contributed by atoms with Crippen LogP contribution < -0.4 is 0 Å². The lowest BCUT2D eigenvalue weighted by Gasteiger charge is -2.39. The summed E-state index contributed by atoms with van der Waals surface area (Å²) in [5, 5.41) is 6.85. The number of hydrogen-bond acceptors (Lipinski definition) is 1. The minimum atomic E-state index is 0.104. The van der Waals surface area contributed by atoms with Gasteiger partial charge in [-0.1, -0.05) is 96.1 Å². The number of nitrogens with one attached hydrogen (secondary N) is 1. The van der Waals surface area contributed by atoms with Gasteiger partial charge in [0, 0.05) is 11.3 Å². The van der Waals surface area contributed by atoms with E-state index in [1.165, 1.54) is 36.0 Å². The summed E-state index contributed by atoms with van der Waals surface area (Å²) in [5.41, 5.74) is 7.74. The van der Waals surface area contributed by atoms with E-state index in [2.05, 4.69) is 84.4 Å². The molecule has 180 valence electrons. The van der Waals surface area contributed by atoms with Crippen LogP contribution in [0.1, 0.15) is 88.0 Å². The Morgan fingerprint density at radius 2 is 1.70 bits per heavy atom. The lowest BCUT2D eigenvalue weighted by molar-refractivity contribution is 0.144. The van der Waals surface area contributed by atoms with Gasteiger partial charge in [-0.15, -0.1) is 5.92 Å². The van der Waals surface area contributed by atoms with Gasteiger partial charge in [0.1, 0.15) is 0 Å². The predicted octanol–water partition coefficient (Wildman–Crippen LogP) is 9.73. The summed E-state index contributed by atoms with van der Waals surface area (Å²) < 4.78 is 0. The molecule has 0 spiro atoms. The number of unbranched alkanes of at least 4 members (excludes halogenated alkanes) is 1. The molecule has 0 aromatic carbocycles. The lowest BCUT2D eigenvalue weighted by Crippen LogP contribution is -2.30. The quantitative estimate of drug-likeness (QED) is 0.218. The average Bonchev–Trinajstić information content (AvgIpc) is 2.92. The van der Waals surface area contributed by atoms with Crippen LogP contribution in [-0.4, -0.2) is 5.71 Å². The van der Waals surface area contributed by atoms with Crippen molar-refractivity contribution in [3.8, 4) is 11.8 Å². The van der Waals surface area contributed by atoms with Crippen LogP contribution in [0, 0.1) is 28.1 Å². The van der Waals surface area contributed by atoms with Gasteiger partial charge in [-0.3, -0.25) is 0 Å². The normalized spacial score (nSPS) is 21.7. The largest absolute Gasteiger partial charge is 0.305 e. The Kier molecular flexibility index (Phi) is 12.8. The predicted molar refractivity (Wildman–Crippen MR) is 151 cm³/mol. The van der Waals surface area contributed by atoms with E-state index in [0.29, 0.717) is 5.71 Å². The van der Waals surface area contributed by atoms with Gasteiger partial charge in [-0.25, -0.2) is 0 Å². The van der Waals surface area contributed by atoms with Gasteiger partial charge in [0.05, 0.1) is 0 Å². The van der Waals surface area contributed by atoms with E-state index in [0.717, 1.165) is 23.1 Å². The smallest absolute Gasteiger partial charge is 0.0306 e. The maximum atomic E-state index is 6.85. The highest BCUT2D eigenvalue weighted by Crippen LogP contribution is 2.60. The molecule has 0 amide bonds. The van der Waals surface area contributed by atoms with Crippen molar-refractivity contribution in [2.24, 2.45) is 10.8 Å². The van der Waals surface area contributed by atoms with Gasteiger partial charge in [-0.05, 0) is 86.7 Å². The van der Waals surface area contributed by atoms with Crippen molar-refractivity contribution in [1.82, 2.24) is 0 Å². The monoisotopic (exact) mass is 445 g/mol. The second-order valence-corrected chi connectivity index (χ2v) is 9.70. The average molecular weight is 446 g/mol. The van der Waals surface area contributed by atoms with Crippen molar-refractivity contribution >= 4 is 5.71 Å². The summed E-state index contributed by atoms with van der Waals surface area (Å²) in [4.78, 5) is 0. The highest BCUT2D eigenvalue weighted by Gasteiger charge is 2.49. The molecule has 0 radical (unpaired) electrons. The van der Waals surface area contributed by atoms with E-state index >= 15 is 0 Å². The molecule has 33 heavy (non-hydrogen) atoms. The minimum Gasteiger partial charge on any atom is -0.305 e. The molecule has 1 nitrogen and oxygen atoms in total. The van der Waals surface area contributed by atoms with Crippen molar-refractivity contribution in [3.63, 3.8) is 0 Å². The first-order chi connectivity index (χ1) is 15.3. The summed E-state index contributed by atoms with van der Waals surface area (Å²) >= 11 is 0. The van der Waals surface area contributed by atoms with Crippen LogP contribution in [-0.2, 0) is 0 Å². The third-order valence-electron chi connectivity index (χ3n) is 6.94. The minimum absolute atomic E-state index is 0.104. The molecule has 1 N–H and O–H groups in total. The van der Waals surface area contributed by atoms with Crippen LogP contribution in [0.4, 0.5) is 0 Å². The van der Waals surface area contributed by atoms with E-state index in [-0.39, 0.29) is 10.8 Å². The standard InChI is InChI=1S/C27H38.C5H9N/c1-10-15-17-27(9)20-21(6)25(26(27,7)8)19-24(14-5)23(13-4)18-22(12-3)16-11-2;1-4(2)5(3)6/h12-14,18-19H,4,6,10,15,17,20H2,1-3,5,7-9H3;6H,1H2,2-3H3/b22-12-,23-18+,24-14+,25-19+;/t27-;/m1./s1. The van der Waals surface area contributed by atoms with Gasteiger partial charge in [0.25, 0.3) is 0 Å². The molecule has 0 heterocycles. The zero-order chi connectivity index (χ0) is 25.8. The molecule has 1 aliphatic rings. The SMILES string of the molecule is C=C(C)C(C)=N.C=CC(=C\C(C#CC)=C/C)/C(=C/C)/C=C1\C(=C)C[C@@](C)(CCCC)C1(C)C. The van der Waals surface area contributed by atoms with E-state index in [4.69, 9.17) is 5.41 Å². The van der Waals surface area contributed by atoms with Crippen molar-refractivity contribution < 1.29 is 0 Å². The maximum absolute atomic E-state index is 6.85. The molecule has 0 aromatic heterocycles. The zero-order valence-electron chi connectivity index (χ0n) is 22.8. The van der Waals surface area contributed by atoms with Crippen molar-refractivity contribution in [3.05, 3.63) is 83.6 Å². The Balaban J connectivity index is 0.00000150. The molecule has 1 aliphatic carbocycles. The van der Waals surface area contributed by atoms with Crippen LogP contribution in [0.15, 0.2) is 83.6 Å². The van der Waals surface area contributed by atoms with Crippen LogP contribution in [0.25, 0.3) is 0 Å². The van der Waals surface area contributed by atoms with Gasteiger partial charge >= 0.3 is 0 Å². The van der Waals surface area contributed by atoms with Crippen molar-refractivity contribution in [2.75, 3.05) is 0 Å². The first-order valence-electron chi connectivity index (χ1n) is 12.1. The fraction of sp³-hybridized carbons (Fsp3) is 0.469. The Bertz CT molecular complexity index is 919. The maximum Gasteiger partial charge on any atom is 0.0306 e. The van der Waals surface area contributed by atoms with Crippen LogP contribution >= 0.6 is 0 Å². The topological polar surface area (TPSA) is 23.9 Å². The van der Waals surface area contributed by atoms with E-state index in [1.807, 2.05) is 32.9 Å². The first-order valence-corrected chi connectivity index (χ1v) is 12.1. The molecular formula is C32H47N. The Morgan fingerprint density at radius 1 is 1.12 bits per heavy atom. The number of allylic oxidation sites excluding steroid dienone is 11. The van der Waals surface area contributed by atoms with Crippen LogP contribution in [0.3, 0.4) is 0 Å². The molecule has 1 saturated carbocycles. The van der Waals surface area contributed by atoms with Crippen LogP contribution in [0.2, 0.25) is 0 Å². The summed E-state index contributed by atoms with van der Waals surface area (Å²) in [5.74, 6) is 6.13. The molecule has 0 bridgehead atoms. The Morgan fingerprint density at radius 3 is 2.09 bits per heavy atom. The Labute approximate surface area is 205 Å². The molecule has 0 aliphatic heterocycles. The third kappa shape index (κ3) is 8.36. The number of rotatable bonds is 8. The first kappa shape index (κ1) is 30.4. The van der Waals surface area contributed by atoms with E-state index < -0.39 is 0 Å². The summed E-state index contributed by atoms with van der Waals surface area (Å²) in [6.45, 7) is 31.0. The molecule has 0 saturated heterocycles. The fourth-order valence-corrected chi connectivity index (χ4v) is 4.06. The van der Waals surface area contributed by atoms with E-state index in [9.17, 15) is 0 Å². The van der Waals surface area contributed by atoms with E-state index in [1.54, 1.807) is 6.92 Å². The highest BCUT2D eigenvalue weighted by molar-refractivity contribution is 5.94. The molecule has 0 aromatic rings. The van der Waals surface area contributed by atoms with Crippen LogP contribution in [0.5, 0.6) is 0 Å². The molecule has 1 atom stereocenters. The van der Waals surface area contributed by atoms with Gasteiger partial charge < -0.3 is 5.41 Å². The van der Waals surface area contributed by atoms with Gasteiger partial charge in [0.2, 0.25) is 0 Å². The molecule has 1 heteroatoms. The summed E-state index contributed by atoms with van der Waals surface area (Å²) in [6.07, 6.45) is 15.4. The second kappa shape index (κ2) is 13.8. The second-order valence-electron chi connectivity index (χ2n) is 9.70. The number of hydrogen-bond donors (Lipinski definition) is 1. The van der Waals surface area contributed by atoms with Crippen molar-refractivity contribution in [1.29, 1.82) is 5.41 Å². The summed E-state index contributed by atoms with van der Waals surface area (Å²) in [6, 6.07) is 0. The van der Waals surface area contributed by atoms with Crippen molar-refractivity contribution in [2.45, 2.75) is 88.0 Å². The molecular weight excluding hydrogens is 398 g/mol. The zero-order valence-corrected chi connectivity index (χ0v) is 22.8. The van der Waals surface area contributed by atoms with Gasteiger partial charge in [-0.2, -0.15) is 0 Å². The summed E-state index contributed by atoms with van der Waals surface area (Å²) in [7, 11) is 0.